The van der Waals surface area contributed by atoms with Gasteiger partial charge in [-0.1, -0.05) is 22.3 Å². The van der Waals surface area contributed by atoms with Crippen molar-refractivity contribution in [2.24, 2.45) is 17.2 Å². The van der Waals surface area contributed by atoms with Gasteiger partial charge in [-0.2, -0.15) is 5.26 Å². The normalized spacial score (nSPS) is 2.18. The number of nitrogens with zero attached hydrogens (tertiary/aromatic N) is 1. The van der Waals surface area contributed by atoms with Crippen LogP contribution in [0.25, 0.3) is 0 Å². The van der Waals surface area contributed by atoms with E-state index in [0.717, 1.165) is 23.7 Å². The standard InChI is InChI=1S/CH4N2S.CH2N2.3CH4.2Cd.4H3N.S/c2-1(3)4;2-1-3;;;;;;;;;;/h(H4,2,3,4);2H2;3*1H4;;;4*1H3;/q;;;;;;+2;;;;;. The molecule has 8 nitrogen and oxygen atoms in total. The Labute approximate surface area is 151 Å². The Bertz CT molecular complexity index is 109. The summed E-state index contributed by atoms with van der Waals surface area (Å²) in [7, 11) is 4.25. The Morgan fingerprint density at radius 2 is 0.941 bits per heavy atom. The van der Waals surface area contributed by atoms with Crippen molar-refractivity contribution in [2.75, 3.05) is 0 Å². The second-order valence-corrected chi connectivity index (χ2v) is 1.00. The van der Waals surface area contributed by atoms with Crippen molar-refractivity contribution in [3.05, 3.63) is 0 Å². The molecule has 104 valence electrons. The van der Waals surface area contributed by atoms with Gasteiger partial charge in [-0.3, -0.25) is 0 Å². The molecule has 0 saturated heterocycles. The molecule has 0 bridgehead atoms. The number of rotatable bonds is 0. The van der Waals surface area contributed by atoms with E-state index in [1.807, 2.05) is 0 Å². The number of thiocarbonyl (C=S) groups is 1. The van der Waals surface area contributed by atoms with Crippen LogP contribution < -0.4 is 41.8 Å². The van der Waals surface area contributed by atoms with Crippen molar-refractivity contribution in [1.29, 1.82) is 5.26 Å². The fourth-order valence-electron chi connectivity index (χ4n) is 0. The molecule has 0 amide bonds. The first-order valence-corrected chi connectivity index (χ1v) is 7.51. The molecule has 17 heavy (non-hydrogen) atoms. The average molecular weight is 491 g/mol. The van der Waals surface area contributed by atoms with Gasteiger partial charge in [-0.25, -0.2) is 0 Å². The number of nitrogens with two attached hydrogens (primary N) is 3. The van der Waals surface area contributed by atoms with Crippen LogP contribution in [0.1, 0.15) is 22.3 Å². The molecule has 0 aromatic rings. The average Bonchev–Trinajstić information content (AvgIpc) is 1.71. The Morgan fingerprint density at radius 3 is 0.941 bits per heavy atom. The van der Waals surface area contributed by atoms with Crippen molar-refractivity contribution < 1.29 is 51.0 Å². The van der Waals surface area contributed by atoms with Gasteiger partial charge >= 0.3 is 59.6 Å². The molecule has 12 heteroatoms. The fraction of sp³-hybridized carbons (Fsp3) is 0.600. The minimum atomic E-state index is 0. The molecule has 0 heterocycles. The van der Waals surface area contributed by atoms with Crippen molar-refractivity contribution in [3.63, 3.8) is 0 Å². The van der Waals surface area contributed by atoms with E-state index in [1.165, 1.54) is 6.19 Å². The van der Waals surface area contributed by atoms with Crippen LogP contribution in [0.15, 0.2) is 0 Å². The summed E-state index contributed by atoms with van der Waals surface area (Å²) in [6, 6.07) is 0. The molecule has 0 aromatic carbocycles. The Kier molecular flexibility index (Phi) is 1130. The predicted octanol–water partition coefficient (Wildman–Crippen LogP) is 1.81. The molecule has 0 atom stereocenters. The number of nitriles is 1. The quantitative estimate of drug-likeness (QED) is 0.112. The molecular weight excluding hydrogens is 461 g/mol. The van der Waals surface area contributed by atoms with Gasteiger partial charge in [0.2, 0.25) is 0 Å². The van der Waals surface area contributed by atoms with Gasteiger partial charge in [-0.05, 0) is 12.2 Å². The minimum absolute atomic E-state index is 0. The third-order valence-corrected chi connectivity index (χ3v) is 0. The van der Waals surface area contributed by atoms with Crippen LogP contribution in [-0.4, -0.2) is 5.11 Å². The topological polar surface area (TPSA) is 242 Å². The summed E-state index contributed by atoms with van der Waals surface area (Å²) in [4.78, 5) is 0. The van der Waals surface area contributed by atoms with E-state index in [-0.39, 0.29) is 79.3 Å². The molecule has 0 unspecified atom stereocenters. The van der Waals surface area contributed by atoms with Gasteiger partial charge in [0.05, 0.1) is 0 Å². The van der Waals surface area contributed by atoms with Crippen LogP contribution in [-0.2, 0) is 51.0 Å². The number of hydrogen-bond acceptors (Lipinski definition) is 8. The van der Waals surface area contributed by atoms with Crippen LogP contribution in [0.2, 0.25) is 0 Å². The van der Waals surface area contributed by atoms with E-state index in [4.69, 9.17) is 5.26 Å². The van der Waals surface area contributed by atoms with Gasteiger partial charge in [0.15, 0.2) is 11.3 Å². The summed E-state index contributed by atoms with van der Waals surface area (Å²) in [5, 5.41) is 7.10. The summed E-state index contributed by atoms with van der Waals surface area (Å²) in [5.74, 6) is 0. The van der Waals surface area contributed by atoms with E-state index in [2.05, 4.69) is 38.1 Å². The van der Waals surface area contributed by atoms with Crippen molar-refractivity contribution in [2.45, 2.75) is 22.3 Å². The SMILES string of the molecule is C.C.C.N.N.N.N.N#CN.NC(N)=S.[Cd+2].[S]=[Cd]. The molecule has 0 aromatic heterocycles. The zero-order valence-electron chi connectivity index (χ0n) is 8.24. The molecule has 0 aliphatic rings. The molecule has 0 rings (SSSR count). The van der Waals surface area contributed by atoms with Gasteiger partial charge < -0.3 is 41.8 Å². The fourth-order valence-corrected chi connectivity index (χ4v) is 0. The third-order valence-electron chi connectivity index (χ3n) is 0. The Balaban J connectivity index is -0.00000000294. The Morgan fingerprint density at radius 1 is 0.941 bits per heavy atom. The van der Waals surface area contributed by atoms with Crippen LogP contribution in [0.3, 0.4) is 0 Å². The van der Waals surface area contributed by atoms with Gasteiger partial charge in [0.25, 0.3) is 0 Å². The summed E-state index contributed by atoms with van der Waals surface area (Å²) in [6.07, 6.45) is 1.25. The predicted molar refractivity (Wildman–Crippen MR) is 78.6 cm³/mol. The van der Waals surface area contributed by atoms with Crippen LogP contribution >= 0.6 is 20.9 Å². The van der Waals surface area contributed by atoms with Crippen molar-refractivity contribution in [3.8, 4) is 6.19 Å². The Hall–Kier alpha value is 0.884. The zero-order chi connectivity index (χ0) is 8.28. The van der Waals surface area contributed by atoms with Crippen molar-refractivity contribution in [1.82, 2.24) is 24.6 Å². The van der Waals surface area contributed by atoms with Gasteiger partial charge in [-0.15, -0.1) is 0 Å². The van der Waals surface area contributed by atoms with Crippen LogP contribution in [0.5, 0.6) is 0 Å². The molecule has 0 aliphatic carbocycles. The summed E-state index contributed by atoms with van der Waals surface area (Å²) >= 11 is 4.83. The molecule has 0 saturated carbocycles. The van der Waals surface area contributed by atoms with Crippen LogP contribution in [0, 0.1) is 11.5 Å². The maximum absolute atomic E-state index is 7.10. The van der Waals surface area contributed by atoms with E-state index >= 15 is 0 Å². The second kappa shape index (κ2) is 179. The molecule has 0 spiro atoms. The first kappa shape index (κ1) is 108. The second-order valence-electron chi connectivity index (χ2n) is 0.531. The zero-order valence-corrected chi connectivity index (χ0v) is 17.9. The third kappa shape index (κ3) is 4780. The molecular formula is C5H30Cd2N8S2+2. The summed E-state index contributed by atoms with van der Waals surface area (Å²) in [6.45, 7) is 0. The first-order chi connectivity index (χ1) is 4.15. The van der Waals surface area contributed by atoms with E-state index in [9.17, 15) is 0 Å². The maximum atomic E-state index is 7.10. The van der Waals surface area contributed by atoms with Crippen molar-refractivity contribution >= 4 is 26.0 Å². The molecule has 0 fully saturated rings. The van der Waals surface area contributed by atoms with Crippen LogP contribution in [0.4, 0.5) is 0 Å². The summed E-state index contributed by atoms with van der Waals surface area (Å²) in [5.41, 5.74) is 13.4. The monoisotopic (exact) mass is 494 g/mol. The van der Waals surface area contributed by atoms with Gasteiger partial charge in [0.1, 0.15) is 0 Å². The molecule has 0 aliphatic heterocycles. The van der Waals surface area contributed by atoms with E-state index in [0.29, 0.717) is 0 Å². The first-order valence-electron chi connectivity index (χ1n) is 1.58. The van der Waals surface area contributed by atoms with E-state index in [1.54, 1.807) is 0 Å². The van der Waals surface area contributed by atoms with Gasteiger partial charge in [0, 0.05) is 0 Å². The molecule has 18 N–H and O–H groups in total. The summed E-state index contributed by atoms with van der Waals surface area (Å²) < 4.78 is 0. The molecule has 0 radical (unpaired) electrons. The van der Waals surface area contributed by atoms with E-state index < -0.39 is 0 Å². The number of hydrogen-bond donors (Lipinski definition) is 7.